The molecule has 1 heterocycles. The maximum absolute atomic E-state index is 10.7. The molecule has 7 nitrogen and oxygen atoms in total. The molecule has 0 aliphatic rings. The van der Waals surface area contributed by atoms with Crippen LogP contribution in [0.3, 0.4) is 0 Å². The Bertz CT molecular complexity index is 651. The highest BCUT2D eigenvalue weighted by Crippen LogP contribution is 2.15. The lowest BCUT2D eigenvalue weighted by molar-refractivity contribution is -0.384. The summed E-state index contributed by atoms with van der Waals surface area (Å²) in [6.45, 7) is 2.02. The van der Waals surface area contributed by atoms with E-state index in [1.54, 1.807) is 24.3 Å². The van der Waals surface area contributed by atoms with Crippen LogP contribution in [0.4, 0.5) is 5.69 Å². The summed E-state index contributed by atoms with van der Waals surface area (Å²) in [5, 5.41) is 17.7. The van der Waals surface area contributed by atoms with Gasteiger partial charge in [-0.05, 0) is 25.6 Å². The summed E-state index contributed by atoms with van der Waals surface area (Å²) >= 11 is 0. The molecule has 1 atom stereocenters. The second-order valence-corrected chi connectivity index (χ2v) is 4.63. The van der Waals surface area contributed by atoms with Crippen molar-refractivity contribution in [2.45, 2.75) is 19.4 Å². The van der Waals surface area contributed by atoms with Gasteiger partial charge in [0.2, 0.25) is 0 Å². The molecule has 0 saturated heterocycles. The third kappa shape index (κ3) is 4.22. The predicted octanol–water partition coefficient (Wildman–Crippen LogP) is 2.30. The standard InChI is InChI=1S/C14H16N4O3/c1-10(15-2)8-13-16-14(21-17-13)7-6-11-4-3-5-12(9-11)18(19)20/h3-7,9-10,15H,8H2,1-2H3/b7-6+. The molecule has 0 aliphatic carbocycles. The topological polar surface area (TPSA) is 94.1 Å². The highest BCUT2D eigenvalue weighted by Gasteiger charge is 2.08. The number of hydrogen-bond acceptors (Lipinski definition) is 6. The van der Waals surface area contributed by atoms with Crippen LogP contribution in [0, 0.1) is 10.1 Å². The van der Waals surface area contributed by atoms with Crippen LogP contribution in [0.5, 0.6) is 0 Å². The van der Waals surface area contributed by atoms with Crippen molar-refractivity contribution >= 4 is 17.8 Å². The van der Waals surface area contributed by atoms with E-state index < -0.39 is 4.92 Å². The summed E-state index contributed by atoms with van der Waals surface area (Å²) in [6, 6.07) is 6.59. The zero-order valence-corrected chi connectivity index (χ0v) is 11.8. The van der Waals surface area contributed by atoms with E-state index in [2.05, 4.69) is 15.5 Å². The summed E-state index contributed by atoms with van der Waals surface area (Å²) in [4.78, 5) is 14.5. The fourth-order valence-electron chi connectivity index (χ4n) is 1.70. The third-order valence-corrected chi connectivity index (χ3v) is 2.96. The van der Waals surface area contributed by atoms with Crippen molar-refractivity contribution in [1.29, 1.82) is 0 Å². The van der Waals surface area contributed by atoms with E-state index in [0.717, 1.165) is 0 Å². The van der Waals surface area contributed by atoms with Gasteiger partial charge in [-0.15, -0.1) is 0 Å². The van der Waals surface area contributed by atoms with Crippen LogP contribution in [-0.4, -0.2) is 28.2 Å². The first-order chi connectivity index (χ1) is 10.1. The molecule has 1 aromatic carbocycles. The van der Waals surface area contributed by atoms with Crippen molar-refractivity contribution in [2.75, 3.05) is 7.05 Å². The first-order valence-electron chi connectivity index (χ1n) is 6.51. The largest absolute Gasteiger partial charge is 0.335 e. The molecule has 7 heteroatoms. The summed E-state index contributed by atoms with van der Waals surface area (Å²) < 4.78 is 5.10. The number of nitro groups is 1. The third-order valence-electron chi connectivity index (χ3n) is 2.96. The molecular formula is C14H16N4O3. The lowest BCUT2D eigenvalue weighted by Gasteiger charge is -2.04. The molecule has 0 amide bonds. The minimum Gasteiger partial charge on any atom is -0.335 e. The monoisotopic (exact) mass is 288 g/mol. The van der Waals surface area contributed by atoms with Gasteiger partial charge in [0.15, 0.2) is 5.82 Å². The van der Waals surface area contributed by atoms with E-state index in [4.69, 9.17) is 4.52 Å². The zero-order chi connectivity index (χ0) is 15.2. The molecule has 2 rings (SSSR count). The Hall–Kier alpha value is -2.54. The van der Waals surface area contributed by atoms with E-state index in [9.17, 15) is 10.1 Å². The van der Waals surface area contributed by atoms with Gasteiger partial charge in [0.25, 0.3) is 11.6 Å². The van der Waals surface area contributed by atoms with Crippen LogP contribution in [0.2, 0.25) is 0 Å². The van der Waals surface area contributed by atoms with Crippen molar-refractivity contribution in [2.24, 2.45) is 0 Å². The number of rotatable bonds is 6. The minimum absolute atomic E-state index is 0.0474. The Morgan fingerprint density at radius 2 is 2.29 bits per heavy atom. The summed E-state index contributed by atoms with van der Waals surface area (Å²) in [5.41, 5.74) is 0.749. The average molecular weight is 288 g/mol. The second kappa shape index (κ2) is 6.76. The molecule has 0 radical (unpaired) electrons. The molecule has 0 spiro atoms. The maximum Gasteiger partial charge on any atom is 0.270 e. The molecule has 1 aromatic heterocycles. The molecule has 0 bridgehead atoms. The Balaban J connectivity index is 2.07. The molecular weight excluding hydrogens is 272 g/mol. The van der Waals surface area contributed by atoms with Crippen molar-refractivity contribution in [3.63, 3.8) is 0 Å². The molecule has 0 saturated carbocycles. The van der Waals surface area contributed by atoms with Gasteiger partial charge in [-0.1, -0.05) is 17.3 Å². The van der Waals surface area contributed by atoms with Crippen LogP contribution < -0.4 is 5.32 Å². The van der Waals surface area contributed by atoms with Crippen molar-refractivity contribution in [1.82, 2.24) is 15.5 Å². The number of non-ortho nitro benzene ring substituents is 1. The van der Waals surface area contributed by atoms with Crippen LogP contribution >= 0.6 is 0 Å². The Morgan fingerprint density at radius 1 is 1.48 bits per heavy atom. The maximum atomic E-state index is 10.7. The number of aromatic nitrogens is 2. The normalized spacial score (nSPS) is 12.7. The van der Waals surface area contributed by atoms with Gasteiger partial charge in [-0.25, -0.2) is 0 Å². The van der Waals surface area contributed by atoms with Gasteiger partial charge in [-0.3, -0.25) is 10.1 Å². The zero-order valence-electron chi connectivity index (χ0n) is 11.8. The number of benzene rings is 1. The quantitative estimate of drug-likeness (QED) is 0.647. The average Bonchev–Trinajstić information content (AvgIpc) is 2.92. The van der Waals surface area contributed by atoms with Gasteiger partial charge in [0.05, 0.1) is 4.92 Å². The Labute approximate surface area is 121 Å². The van der Waals surface area contributed by atoms with Gasteiger partial charge < -0.3 is 9.84 Å². The number of nitrogens with one attached hydrogen (secondary N) is 1. The summed E-state index contributed by atoms with van der Waals surface area (Å²) in [6.07, 6.45) is 4.01. The number of hydrogen-bond donors (Lipinski definition) is 1. The molecule has 110 valence electrons. The van der Waals surface area contributed by atoms with Crippen LogP contribution in [-0.2, 0) is 6.42 Å². The van der Waals surface area contributed by atoms with E-state index in [0.29, 0.717) is 23.7 Å². The Morgan fingerprint density at radius 3 is 3.00 bits per heavy atom. The van der Waals surface area contributed by atoms with Gasteiger partial charge in [-0.2, -0.15) is 4.98 Å². The van der Waals surface area contributed by atoms with Crippen LogP contribution in [0.25, 0.3) is 12.2 Å². The summed E-state index contributed by atoms with van der Waals surface area (Å²) in [5.74, 6) is 0.996. The SMILES string of the molecule is CNC(C)Cc1noc(/C=C/c2cccc([N+](=O)[O-])c2)n1. The van der Waals surface area contributed by atoms with Gasteiger partial charge in [0.1, 0.15) is 0 Å². The highest BCUT2D eigenvalue weighted by molar-refractivity contribution is 5.67. The number of likely N-dealkylation sites (N-methyl/N-ethyl adjacent to an activating group) is 1. The predicted molar refractivity (Wildman–Crippen MR) is 78.5 cm³/mol. The highest BCUT2D eigenvalue weighted by atomic mass is 16.6. The molecule has 1 unspecified atom stereocenters. The second-order valence-electron chi connectivity index (χ2n) is 4.63. The van der Waals surface area contributed by atoms with Crippen molar-refractivity contribution in [3.05, 3.63) is 51.7 Å². The summed E-state index contributed by atoms with van der Waals surface area (Å²) in [7, 11) is 1.87. The van der Waals surface area contributed by atoms with E-state index >= 15 is 0 Å². The first-order valence-corrected chi connectivity index (χ1v) is 6.51. The van der Waals surface area contributed by atoms with Crippen molar-refractivity contribution < 1.29 is 9.45 Å². The van der Waals surface area contributed by atoms with Gasteiger partial charge in [0, 0.05) is 30.7 Å². The first kappa shape index (κ1) is 14.9. The van der Waals surface area contributed by atoms with Crippen LogP contribution in [0.1, 0.15) is 24.2 Å². The van der Waals surface area contributed by atoms with Gasteiger partial charge >= 0.3 is 0 Å². The number of nitro benzene ring substituents is 1. The fraction of sp³-hybridized carbons (Fsp3) is 0.286. The van der Waals surface area contributed by atoms with E-state index in [1.165, 1.54) is 12.1 Å². The molecule has 0 fully saturated rings. The van der Waals surface area contributed by atoms with Crippen LogP contribution in [0.15, 0.2) is 28.8 Å². The lowest BCUT2D eigenvalue weighted by atomic mass is 10.2. The number of nitrogens with zero attached hydrogens (tertiary/aromatic N) is 3. The molecule has 2 aromatic rings. The molecule has 1 N–H and O–H groups in total. The minimum atomic E-state index is -0.429. The van der Waals surface area contributed by atoms with E-state index in [1.807, 2.05) is 14.0 Å². The Kier molecular flexibility index (Phi) is 4.78. The molecule has 0 aliphatic heterocycles. The smallest absolute Gasteiger partial charge is 0.270 e. The lowest BCUT2D eigenvalue weighted by Crippen LogP contribution is -2.24. The fourth-order valence-corrected chi connectivity index (χ4v) is 1.70. The van der Waals surface area contributed by atoms with Crippen molar-refractivity contribution in [3.8, 4) is 0 Å². The van der Waals surface area contributed by atoms with E-state index in [-0.39, 0.29) is 11.7 Å². The molecule has 21 heavy (non-hydrogen) atoms.